The number of rotatable bonds is 6. The zero-order valence-corrected chi connectivity index (χ0v) is 14.7. The van der Waals surface area contributed by atoms with Crippen molar-refractivity contribution < 1.29 is 19.4 Å². The minimum Gasteiger partial charge on any atom is -0.497 e. The number of nitrogens with zero attached hydrogens (tertiary/aromatic N) is 2. The largest absolute Gasteiger partial charge is 0.497 e. The minimum atomic E-state index is -0.966. The zero-order chi connectivity index (χ0) is 17.8. The van der Waals surface area contributed by atoms with Crippen molar-refractivity contribution in [3.8, 4) is 5.75 Å². The van der Waals surface area contributed by atoms with Crippen molar-refractivity contribution in [1.29, 1.82) is 0 Å². The van der Waals surface area contributed by atoms with Crippen molar-refractivity contribution in [2.45, 2.75) is 50.8 Å². The molecule has 1 atom stereocenters. The van der Waals surface area contributed by atoms with Gasteiger partial charge in [0.1, 0.15) is 11.9 Å². The van der Waals surface area contributed by atoms with Crippen molar-refractivity contribution in [3.05, 3.63) is 29.8 Å². The van der Waals surface area contributed by atoms with Gasteiger partial charge in [0.2, 0.25) is 5.91 Å². The lowest BCUT2D eigenvalue weighted by molar-refractivity contribution is -0.145. The number of hydrogen-bond acceptors (Lipinski definition) is 4. The van der Waals surface area contributed by atoms with E-state index in [0.29, 0.717) is 19.5 Å². The third kappa shape index (κ3) is 4.51. The summed E-state index contributed by atoms with van der Waals surface area (Å²) in [5.41, 5.74) is 1.04. The summed E-state index contributed by atoms with van der Waals surface area (Å²) in [5.74, 6) is 0.434. The first-order valence-corrected chi connectivity index (χ1v) is 8.97. The molecule has 2 aliphatic rings. The molecule has 1 unspecified atom stereocenters. The van der Waals surface area contributed by atoms with Gasteiger partial charge >= 0.3 is 0 Å². The van der Waals surface area contributed by atoms with E-state index in [1.807, 2.05) is 29.2 Å². The topological polar surface area (TPSA) is 70.1 Å². The van der Waals surface area contributed by atoms with E-state index < -0.39 is 6.10 Å². The van der Waals surface area contributed by atoms with E-state index in [1.165, 1.54) is 4.90 Å². The van der Waals surface area contributed by atoms with Crippen LogP contribution in [0.1, 0.15) is 37.7 Å². The van der Waals surface area contributed by atoms with Gasteiger partial charge in [0.25, 0.3) is 5.91 Å². The Morgan fingerprint density at radius 3 is 2.60 bits per heavy atom. The van der Waals surface area contributed by atoms with Crippen LogP contribution in [0.3, 0.4) is 0 Å². The number of likely N-dealkylation sites (tertiary alicyclic amines) is 1. The molecule has 6 heteroatoms. The Morgan fingerprint density at radius 1 is 1.24 bits per heavy atom. The van der Waals surface area contributed by atoms with Crippen molar-refractivity contribution in [3.63, 3.8) is 0 Å². The highest BCUT2D eigenvalue weighted by Gasteiger charge is 2.34. The number of aliphatic hydroxyl groups excluding tert-OH is 1. The van der Waals surface area contributed by atoms with Crippen molar-refractivity contribution in [2.75, 3.05) is 20.2 Å². The third-order valence-corrected chi connectivity index (χ3v) is 4.90. The van der Waals surface area contributed by atoms with Crippen LogP contribution in [0, 0.1) is 0 Å². The van der Waals surface area contributed by atoms with Gasteiger partial charge in [0.05, 0.1) is 13.7 Å². The SMILES string of the molecule is COc1ccc(CN(C(=O)CN2CCCCC(O)C2=O)C2CC2)cc1. The number of methoxy groups -OCH3 is 1. The molecule has 1 N–H and O–H groups in total. The van der Waals surface area contributed by atoms with Crippen LogP contribution in [-0.2, 0) is 16.1 Å². The summed E-state index contributed by atoms with van der Waals surface area (Å²) < 4.78 is 5.17. The van der Waals surface area contributed by atoms with Crippen LogP contribution >= 0.6 is 0 Å². The minimum absolute atomic E-state index is 0.0410. The molecule has 1 saturated carbocycles. The Morgan fingerprint density at radius 2 is 1.96 bits per heavy atom. The fourth-order valence-electron chi connectivity index (χ4n) is 3.23. The van der Waals surface area contributed by atoms with Crippen LogP contribution in [0.4, 0.5) is 0 Å². The van der Waals surface area contributed by atoms with Crippen LogP contribution in [0.5, 0.6) is 5.75 Å². The molecule has 6 nitrogen and oxygen atoms in total. The first-order chi connectivity index (χ1) is 12.1. The fourth-order valence-corrected chi connectivity index (χ4v) is 3.23. The highest BCUT2D eigenvalue weighted by Crippen LogP contribution is 2.29. The first kappa shape index (κ1) is 17.7. The van der Waals surface area contributed by atoms with Crippen molar-refractivity contribution in [1.82, 2.24) is 9.80 Å². The average Bonchev–Trinajstić information content (AvgIpc) is 3.46. The monoisotopic (exact) mass is 346 g/mol. The summed E-state index contributed by atoms with van der Waals surface area (Å²) in [6.07, 6.45) is 3.19. The number of hydrogen-bond donors (Lipinski definition) is 1. The van der Waals surface area contributed by atoms with Gasteiger partial charge in [0.15, 0.2) is 0 Å². The molecule has 2 amide bonds. The molecule has 0 bridgehead atoms. The fraction of sp³-hybridized carbons (Fsp3) is 0.579. The van der Waals surface area contributed by atoms with Gasteiger partial charge in [0, 0.05) is 19.1 Å². The molecule has 1 aromatic carbocycles. The molecule has 1 aliphatic heterocycles. The molecule has 0 spiro atoms. The van der Waals surface area contributed by atoms with Gasteiger partial charge in [-0.1, -0.05) is 12.1 Å². The summed E-state index contributed by atoms with van der Waals surface area (Å²) in [5, 5.41) is 9.86. The molecule has 1 aliphatic carbocycles. The molecular formula is C19H26N2O4. The second-order valence-electron chi connectivity index (χ2n) is 6.87. The Labute approximate surface area is 148 Å². The number of aliphatic hydroxyl groups is 1. The summed E-state index contributed by atoms with van der Waals surface area (Å²) in [6.45, 7) is 1.14. The predicted octanol–water partition coefficient (Wildman–Crippen LogP) is 1.56. The van der Waals surface area contributed by atoms with Gasteiger partial charge in [-0.3, -0.25) is 9.59 Å². The van der Waals surface area contributed by atoms with Crippen LogP contribution < -0.4 is 4.74 Å². The smallest absolute Gasteiger partial charge is 0.251 e. The van der Waals surface area contributed by atoms with E-state index in [-0.39, 0.29) is 24.4 Å². The summed E-state index contributed by atoms with van der Waals surface area (Å²) in [7, 11) is 1.63. The Balaban J connectivity index is 1.65. The van der Waals surface area contributed by atoms with Gasteiger partial charge in [-0.15, -0.1) is 0 Å². The third-order valence-electron chi connectivity index (χ3n) is 4.90. The van der Waals surface area contributed by atoms with Gasteiger partial charge in [-0.25, -0.2) is 0 Å². The molecule has 0 radical (unpaired) electrons. The Hall–Kier alpha value is -2.08. The normalized spacial score (nSPS) is 21.0. The van der Waals surface area contributed by atoms with Crippen LogP contribution in [0.2, 0.25) is 0 Å². The highest BCUT2D eigenvalue weighted by molar-refractivity contribution is 5.87. The molecule has 2 fully saturated rings. The van der Waals surface area contributed by atoms with E-state index in [4.69, 9.17) is 4.74 Å². The van der Waals surface area contributed by atoms with Crippen molar-refractivity contribution >= 4 is 11.8 Å². The number of ether oxygens (including phenoxy) is 1. The number of benzene rings is 1. The first-order valence-electron chi connectivity index (χ1n) is 8.97. The zero-order valence-electron chi connectivity index (χ0n) is 14.7. The maximum Gasteiger partial charge on any atom is 0.251 e. The molecule has 25 heavy (non-hydrogen) atoms. The second-order valence-corrected chi connectivity index (χ2v) is 6.87. The quantitative estimate of drug-likeness (QED) is 0.849. The molecule has 3 rings (SSSR count). The second kappa shape index (κ2) is 7.87. The Bertz CT molecular complexity index is 612. The van der Waals surface area contributed by atoms with Gasteiger partial charge in [-0.05, 0) is 49.8 Å². The highest BCUT2D eigenvalue weighted by atomic mass is 16.5. The lowest BCUT2D eigenvalue weighted by Crippen LogP contribution is -2.46. The Kier molecular flexibility index (Phi) is 5.58. The summed E-state index contributed by atoms with van der Waals surface area (Å²) >= 11 is 0. The number of carbonyl (C=O) groups is 2. The van der Waals surface area contributed by atoms with E-state index in [2.05, 4.69) is 0 Å². The number of carbonyl (C=O) groups excluding carboxylic acids is 2. The lowest BCUT2D eigenvalue weighted by atomic mass is 10.2. The van der Waals surface area contributed by atoms with Crippen molar-refractivity contribution in [2.24, 2.45) is 0 Å². The van der Waals surface area contributed by atoms with E-state index in [1.54, 1.807) is 7.11 Å². The van der Waals surface area contributed by atoms with Gasteiger partial charge < -0.3 is 19.6 Å². The molecule has 1 aromatic rings. The van der Waals surface area contributed by atoms with Crippen LogP contribution in [-0.4, -0.2) is 59.1 Å². The summed E-state index contributed by atoms with van der Waals surface area (Å²) in [4.78, 5) is 28.4. The lowest BCUT2D eigenvalue weighted by Gasteiger charge is -2.27. The number of amides is 2. The maximum absolute atomic E-state index is 12.8. The molecule has 1 saturated heterocycles. The molecule has 1 heterocycles. The van der Waals surface area contributed by atoms with Crippen LogP contribution in [0.25, 0.3) is 0 Å². The van der Waals surface area contributed by atoms with Crippen LogP contribution in [0.15, 0.2) is 24.3 Å². The van der Waals surface area contributed by atoms with E-state index >= 15 is 0 Å². The van der Waals surface area contributed by atoms with E-state index in [0.717, 1.165) is 37.0 Å². The standard InChI is InChI=1S/C19H26N2O4/c1-25-16-9-5-14(6-10-16)12-21(15-7-8-15)18(23)13-20-11-3-2-4-17(22)19(20)24/h5-6,9-10,15,17,22H,2-4,7-8,11-13H2,1H3. The summed E-state index contributed by atoms with van der Waals surface area (Å²) in [6, 6.07) is 7.96. The predicted molar refractivity (Wildman–Crippen MR) is 93.0 cm³/mol. The van der Waals surface area contributed by atoms with Gasteiger partial charge in [-0.2, -0.15) is 0 Å². The molecular weight excluding hydrogens is 320 g/mol. The average molecular weight is 346 g/mol. The molecule has 136 valence electrons. The molecule has 0 aromatic heterocycles. The van der Waals surface area contributed by atoms with E-state index in [9.17, 15) is 14.7 Å². The maximum atomic E-state index is 12.8.